The van der Waals surface area contributed by atoms with Gasteiger partial charge in [-0.05, 0) is 45.8 Å². The van der Waals surface area contributed by atoms with Gasteiger partial charge in [0.2, 0.25) is 5.16 Å². The van der Waals surface area contributed by atoms with Crippen LogP contribution in [0.15, 0.2) is 58.2 Å². The number of aromatic nitrogens is 6. The van der Waals surface area contributed by atoms with Crippen molar-refractivity contribution in [1.82, 2.24) is 30.2 Å². The predicted octanol–water partition coefficient (Wildman–Crippen LogP) is 2.88. The molecule has 108 valence electrons. The van der Waals surface area contributed by atoms with E-state index in [0.29, 0.717) is 11.7 Å². The molecule has 0 aliphatic heterocycles. The molecule has 0 atom stereocenters. The van der Waals surface area contributed by atoms with Crippen LogP contribution in [-0.4, -0.2) is 30.2 Å². The van der Waals surface area contributed by atoms with Crippen LogP contribution in [-0.2, 0) is 6.54 Å². The van der Waals surface area contributed by atoms with E-state index in [-0.39, 0.29) is 0 Å². The third kappa shape index (κ3) is 2.70. The van der Waals surface area contributed by atoms with Gasteiger partial charge < -0.3 is 0 Å². The molecule has 0 amide bonds. The van der Waals surface area contributed by atoms with Crippen LogP contribution in [0, 0.1) is 0 Å². The fraction of sp³-hybridized carbons (Fsp3) is 0.0714. The summed E-state index contributed by atoms with van der Waals surface area (Å²) in [6.45, 7) is 0.661. The summed E-state index contributed by atoms with van der Waals surface area (Å²) in [5.41, 5.74) is 1.75. The summed E-state index contributed by atoms with van der Waals surface area (Å²) in [5.74, 6) is 0. The van der Waals surface area contributed by atoms with E-state index in [4.69, 9.17) is 0 Å². The van der Waals surface area contributed by atoms with E-state index in [0.717, 1.165) is 16.1 Å². The van der Waals surface area contributed by atoms with Crippen LogP contribution >= 0.6 is 23.1 Å². The van der Waals surface area contributed by atoms with Crippen LogP contribution in [0.2, 0.25) is 0 Å². The number of thiophene rings is 1. The molecular formula is C14H10N6S2. The third-order valence-corrected chi connectivity index (χ3v) is 4.75. The highest BCUT2D eigenvalue weighted by Gasteiger charge is 2.11. The maximum Gasteiger partial charge on any atom is 0.216 e. The van der Waals surface area contributed by atoms with Gasteiger partial charge in [0.1, 0.15) is 5.03 Å². The van der Waals surface area contributed by atoms with Crippen molar-refractivity contribution in [2.45, 2.75) is 16.7 Å². The second-order valence-corrected chi connectivity index (χ2v) is 6.52. The Balaban J connectivity index is 1.61. The third-order valence-electron chi connectivity index (χ3n) is 3.01. The van der Waals surface area contributed by atoms with Crippen molar-refractivity contribution >= 4 is 34.1 Å². The SMILES string of the molecule is c1csc(Cn2nnnc2Sc2cnc3ccccc3n2)c1. The lowest BCUT2D eigenvalue weighted by Crippen LogP contribution is -2.02. The van der Waals surface area contributed by atoms with E-state index in [2.05, 4.69) is 31.6 Å². The van der Waals surface area contributed by atoms with Gasteiger partial charge in [0, 0.05) is 4.88 Å². The minimum absolute atomic E-state index is 0.661. The summed E-state index contributed by atoms with van der Waals surface area (Å²) in [5, 5.41) is 15.4. The fourth-order valence-corrected chi connectivity index (χ4v) is 3.41. The molecule has 0 spiro atoms. The average molecular weight is 326 g/mol. The van der Waals surface area contributed by atoms with Crippen LogP contribution in [0.4, 0.5) is 0 Å². The molecule has 3 aromatic heterocycles. The number of fused-ring (bicyclic) bond motifs is 1. The molecule has 0 aliphatic rings. The van der Waals surface area contributed by atoms with E-state index in [1.165, 1.54) is 16.6 Å². The van der Waals surface area contributed by atoms with Crippen molar-refractivity contribution in [3.05, 3.63) is 52.9 Å². The minimum Gasteiger partial charge on any atom is -0.252 e. The molecule has 0 saturated heterocycles. The monoisotopic (exact) mass is 326 g/mol. The summed E-state index contributed by atoms with van der Waals surface area (Å²) in [4.78, 5) is 10.2. The van der Waals surface area contributed by atoms with Crippen molar-refractivity contribution in [1.29, 1.82) is 0 Å². The Morgan fingerprint density at radius 3 is 2.86 bits per heavy atom. The molecule has 0 bridgehead atoms. The highest BCUT2D eigenvalue weighted by Crippen LogP contribution is 2.25. The van der Waals surface area contributed by atoms with E-state index in [9.17, 15) is 0 Å². The Kier molecular flexibility index (Phi) is 3.53. The highest BCUT2D eigenvalue weighted by molar-refractivity contribution is 7.99. The zero-order valence-electron chi connectivity index (χ0n) is 11.3. The molecule has 22 heavy (non-hydrogen) atoms. The van der Waals surface area contributed by atoms with Gasteiger partial charge in [0.25, 0.3) is 0 Å². The standard InChI is InChI=1S/C14H10N6S2/c1-2-6-12-11(5-1)15-8-13(16-12)22-14-17-18-19-20(14)9-10-4-3-7-21-10/h1-8H,9H2. The van der Waals surface area contributed by atoms with Crippen molar-refractivity contribution in [3.8, 4) is 0 Å². The number of rotatable bonds is 4. The minimum atomic E-state index is 0.661. The topological polar surface area (TPSA) is 69.4 Å². The van der Waals surface area contributed by atoms with Crippen LogP contribution < -0.4 is 0 Å². The number of benzene rings is 1. The fourth-order valence-electron chi connectivity index (χ4n) is 2.00. The van der Waals surface area contributed by atoms with E-state index in [1.54, 1.807) is 22.2 Å². The number of hydrogen-bond donors (Lipinski definition) is 0. The Morgan fingerprint density at radius 2 is 2.00 bits per heavy atom. The van der Waals surface area contributed by atoms with Gasteiger partial charge in [-0.1, -0.05) is 18.2 Å². The zero-order chi connectivity index (χ0) is 14.8. The smallest absolute Gasteiger partial charge is 0.216 e. The van der Waals surface area contributed by atoms with Crippen molar-refractivity contribution < 1.29 is 0 Å². The summed E-state index contributed by atoms with van der Waals surface area (Å²) >= 11 is 3.10. The Hall–Kier alpha value is -2.32. The molecule has 0 aliphatic carbocycles. The Labute approximate surface area is 134 Å². The molecule has 1 aromatic carbocycles. The normalized spacial score (nSPS) is 11.1. The van der Waals surface area contributed by atoms with Crippen molar-refractivity contribution in [2.75, 3.05) is 0 Å². The first-order chi connectivity index (χ1) is 10.9. The molecule has 6 nitrogen and oxygen atoms in total. The summed E-state index contributed by atoms with van der Waals surface area (Å²) in [7, 11) is 0. The first-order valence-corrected chi connectivity index (χ1v) is 8.26. The number of tetrazole rings is 1. The summed E-state index contributed by atoms with van der Waals surface area (Å²) in [6.07, 6.45) is 1.75. The number of hydrogen-bond acceptors (Lipinski definition) is 7. The van der Waals surface area contributed by atoms with Gasteiger partial charge in [0.05, 0.1) is 23.8 Å². The van der Waals surface area contributed by atoms with Crippen LogP contribution in [0.1, 0.15) is 4.88 Å². The van der Waals surface area contributed by atoms with Gasteiger partial charge in [-0.2, -0.15) is 0 Å². The van der Waals surface area contributed by atoms with Crippen LogP contribution in [0.5, 0.6) is 0 Å². The Bertz CT molecular complexity index is 903. The van der Waals surface area contributed by atoms with E-state index in [1.807, 2.05) is 35.7 Å². The molecule has 0 saturated carbocycles. The van der Waals surface area contributed by atoms with E-state index < -0.39 is 0 Å². The molecule has 0 fully saturated rings. The van der Waals surface area contributed by atoms with Gasteiger partial charge >= 0.3 is 0 Å². The van der Waals surface area contributed by atoms with E-state index >= 15 is 0 Å². The predicted molar refractivity (Wildman–Crippen MR) is 84.9 cm³/mol. The first-order valence-electron chi connectivity index (χ1n) is 6.57. The maximum atomic E-state index is 4.58. The van der Waals surface area contributed by atoms with Gasteiger partial charge in [-0.25, -0.2) is 9.67 Å². The molecule has 3 heterocycles. The van der Waals surface area contributed by atoms with Crippen LogP contribution in [0.25, 0.3) is 11.0 Å². The molecular weight excluding hydrogens is 316 g/mol. The van der Waals surface area contributed by atoms with Gasteiger partial charge in [-0.15, -0.1) is 16.4 Å². The second-order valence-electron chi connectivity index (χ2n) is 4.50. The Morgan fingerprint density at radius 1 is 1.09 bits per heavy atom. The lowest BCUT2D eigenvalue weighted by Gasteiger charge is -2.03. The largest absolute Gasteiger partial charge is 0.252 e. The molecule has 0 N–H and O–H groups in total. The lowest BCUT2D eigenvalue weighted by atomic mass is 10.3. The quantitative estimate of drug-likeness (QED) is 0.574. The van der Waals surface area contributed by atoms with Gasteiger partial charge in [-0.3, -0.25) is 4.98 Å². The second kappa shape index (κ2) is 5.82. The number of para-hydroxylation sites is 2. The molecule has 8 heteroatoms. The average Bonchev–Trinajstić information content (AvgIpc) is 3.20. The summed E-state index contributed by atoms with van der Waals surface area (Å²) < 4.78 is 1.77. The number of nitrogens with zero attached hydrogens (tertiary/aromatic N) is 6. The molecule has 4 rings (SSSR count). The van der Waals surface area contributed by atoms with Crippen molar-refractivity contribution in [2.24, 2.45) is 0 Å². The lowest BCUT2D eigenvalue weighted by molar-refractivity contribution is 0.608. The highest BCUT2D eigenvalue weighted by atomic mass is 32.2. The maximum absolute atomic E-state index is 4.58. The molecule has 0 radical (unpaired) electrons. The summed E-state index contributed by atoms with van der Waals surface area (Å²) in [6, 6.07) is 11.9. The zero-order valence-corrected chi connectivity index (χ0v) is 13.0. The first kappa shape index (κ1) is 13.4. The van der Waals surface area contributed by atoms with Crippen LogP contribution in [0.3, 0.4) is 0 Å². The molecule has 0 unspecified atom stereocenters. The van der Waals surface area contributed by atoms with Gasteiger partial charge in [0.15, 0.2) is 0 Å². The van der Waals surface area contributed by atoms with Crippen molar-refractivity contribution in [3.63, 3.8) is 0 Å². The molecule has 4 aromatic rings.